The number of hydrogen-bond donors (Lipinski definition) is 0. The fourth-order valence-electron chi connectivity index (χ4n) is 14.0. The lowest BCUT2D eigenvalue weighted by Crippen LogP contribution is -2.24. The first-order valence-corrected chi connectivity index (χ1v) is 30.1. The molecule has 0 radical (unpaired) electrons. The Balaban J connectivity index is 1.07. The van der Waals surface area contributed by atoms with E-state index in [4.69, 9.17) is 13.8 Å². The topological polar surface area (TPSA) is 73.1 Å². The third-order valence-electron chi connectivity index (χ3n) is 17.8. The summed E-state index contributed by atoms with van der Waals surface area (Å²) in [5.41, 5.74) is 18.3. The van der Waals surface area contributed by atoms with Crippen molar-refractivity contribution in [3.63, 3.8) is 0 Å². The number of benzene rings is 13. The maximum absolute atomic E-state index is 7.75. The lowest BCUT2D eigenvalue weighted by atomic mass is 9.78. The van der Waals surface area contributed by atoms with Crippen molar-refractivity contribution in [2.45, 2.75) is 19.8 Å². The number of nitrogens with zero attached hydrogens (tertiary/aromatic N) is 6. The number of para-hydroxylation sites is 1. The summed E-state index contributed by atoms with van der Waals surface area (Å²) < 4.78 is 15.4. The highest BCUT2D eigenvalue weighted by Crippen LogP contribution is 2.57. The van der Waals surface area contributed by atoms with Gasteiger partial charge in [0.25, 0.3) is 0 Å². The Hall–Kier alpha value is -11.4. The van der Waals surface area contributed by atoms with Crippen LogP contribution in [-0.4, -0.2) is 32.2 Å². The molecule has 17 rings (SSSR count). The molecule has 0 saturated heterocycles. The number of rotatable bonds is 10. The molecule has 0 spiro atoms. The molecule has 88 heavy (non-hydrogen) atoms. The number of aliphatic imine (C=N–C) groups is 3. The van der Waals surface area contributed by atoms with E-state index in [-0.39, 0.29) is 5.92 Å². The molecule has 0 aliphatic carbocycles. The molecule has 418 valence electrons. The molecule has 2 aromatic heterocycles. The van der Waals surface area contributed by atoms with Crippen molar-refractivity contribution >= 4 is 134 Å². The first-order valence-electron chi connectivity index (χ1n) is 30.1. The zero-order valence-corrected chi connectivity index (χ0v) is 48.5. The van der Waals surface area contributed by atoms with Crippen LogP contribution in [0, 0.1) is 0 Å². The predicted octanol–water partition coefficient (Wildman–Crippen LogP) is 21.6. The van der Waals surface area contributed by atoms with Gasteiger partial charge in [0.2, 0.25) is 0 Å². The highest BCUT2D eigenvalue weighted by atomic mass is 16.3. The van der Waals surface area contributed by atoms with Crippen LogP contribution in [0.5, 0.6) is 0 Å². The molecule has 0 amide bonds. The van der Waals surface area contributed by atoms with Crippen molar-refractivity contribution in [2.24, 2.45) is 15.0 Å². The van der Waals surface area contributed by atoms with Crippen LogP contribution < -0.4 is 14.7 Å². The molecule has 0 atom stereocenters. The van der Waals surface area contributed by atoms with Gasteiger partial charge in [0.05, 0.1) is 28.8 Å². The maximum Gasteiger partial charge on any atom is 0.159 e. The minimum atomic E-state index is 0.0501. The molecular formula is C80H56N6O2. The zero-order chi connectivity index (χ0) is 58.4. The second kappa shape index (κ2) is 20.7. The van der Waals surface area contributed by atoms with Crippen LogP contribution in [-0.2, 0) is 0 Å². The van der Waals surface area contributed by atoms with Gasteiger partial charge in [0, 0.05) is 61.5 Å². The molecule has 0 N–H and O–H groups in total. The van der Waals surface area contributed by atoms with E-state index in [0.29, 0.717) is 13.3 Å². The van der Waals surface area contributed by atoms with Crippen molar-refractivity contribution in [3.8, 4) is 44.5 Å². The Bertz CT molecular complexity index is 5380. The standard InChI is InChI=1S/C80H56N6O2/c1-50(2)64-45-70-74(63-32-18-33-67(79(63)88-70)86(57-36-34-52(35-37-57)51-20-6-3-7-21-51)78-60-29-14-12-26-55(60)42-56-27-13-15-30-61(56)78)77-75(64)71(54-24-10-5-11-25-54)72(62-31-17-16-28-59(62)53-22-8-4-9-23-53)66-44-68(85-48-82-46-83-49-85)73-65-43-58(84-41-19-40-81-47-84)38-39-69(65)87-80(73)76(66)77/h3-46,48,50H,47,49H2,1-2H3. The van der Waals surface area contributed by atoms with E-state index >= 15 is 0 Å². The zero-order valence-electron chi connectivity index (χ0n) is 48.5. The molecule has 2 aliphatic rings. The summed E-state index contributed by atoms with van der Waals surface area (Å²) in [6.45, 7) is 5.52. The average molecular weight is 1130 g/mol. The van der Waals surface area contributed by atoms with Gasteiger partial charge in [-0.3, -0.25) is 9.98 Å². The van der Waals surface area contributed by atoms with Crippen LogP contribution in [0.3, 0.4) is 0 Å². The first kappa shape index (κ1) is 51.1. The SMILES string of the molecule is CC(C)c1cc2oc3c(N(c4ccc(-c5ccccc5)cc4)c4c5ccccc5cc5ccccc45)cccc3c2c2c1c(-c1ccccc1)c(-c1ccccc1-c1ccccc1)c1cc(N3C=NC=NC3)c3c4cc(N5C=CC=NC5)ccc4oc3c12. The normalized spacial score (nSPS) is 13.4. The third kappa shape index (κ3) is 8.17. The molecule has 2 aliphatic heterocycles. The number of anilines is 5. The van der Waals surface area contributed by atoms with Crippen molar-refractivity contribution in [3.05, 3.63) is 260 Å². The van der Waals surface area contributed by atoms with E-state index in [1.54, 1.807) is 6.34 Å². The van der Waals surface area contributed by atoms with Gasteiger partial charge in [-0.25, -0.2) is 4.99 Å². The fourth-order valence-corrected chi connectivity index (χ4v) is 14.0. The molecule has 0 fully saturated rings. The van der Waals surface area contributed by atoms with Gasteiger partial charge in [-0.05, 0) is 138 Å². The molecule has 0 saturated carbocycles. The summed E-state index contributed by atoms with van der Waals surface area (Å²) in [7, 11) is 0. The fraction of sp³-hybridized carbons (Fsp3) is 0.0625. The van der Waals surface area contributed by atoms with Gasteiger partial charge in [-0.1, -0.05) is 202 Å². The molecular weight excluding hydrogens is 1080 g/mol. The van der Waals surface area contributed by atoms with Gasteiger partial charge in [-0.15, -0.1) is 0 Å². The Morgan fingerprint density at radius 2 is 1.09 bits per heavy atom. The Labute approximate surface area is 508 Å². The van der Waals surface area contributed by atoms with Crippen molar-refractivity contribution in [2.75, 3.05) is 28.0 Å². The third-order valence-corrected chi connectivity index (χ3v) is 17.8. The molecule has 0 unspecified atom stereocenters. The van der Waals surface area contributed by atoms with Gasteiger partial charge < -0.3 is 23.5 Å². The number of furan rings is 2. The largest absolute Gasteiger partial charge is 0.455 e. The summed E-state index contributed by atoms with van der Waals surface area (Å²) in [5.74, 6) is 0.0501. The summed E-state index contributed by atoms with van der Waals surface area (Å²) in [4.78, 5) is 20.8. The lowest BCUT2D eigenvalue weighted by molar-refractivity contribution is 0.668. The minimum absolute atomic E-state index is 0.0501. The number of fused-ring (bicyclic) bond motifs is 13. The van der Waals surface area contributed by atoms with Crippen LogP contribution in [0.4, 0.5) is 28.4 Å². The number of hydrogen-bond acceptors (Lipinski definition) is 8. The smallest absolute Gasteiger partial charge is 0.159 e. The lowest BCUT2D eigenvalue weighted by Gasteiger charge is -2.28. The second-order valence-corrected chi connectivity index (χ2v) is 23.2. The molecule has 8 nitrogen and oxygen atoms in total. The number of allylic oxidation sites excluding steroid dienone is 1. The highest BCUT2D eigenvalue weighted by molar-refractivity contribution is 6.40. The Morgan fingerprint density at radius 3 is 1.80 bits per heavy atom. The van der Waals surface area contributed by atoms with E-state index in [2.05, 4.69) is 287 Å². The first-order chi connectivity index (χ1) is 43.5. The van der Waals surface area contributed by atoms with Crippen LogP contribution in [0.25, 0.3) is 131 Å². The monoisotopic (exact) mass is 1130 g/mol. The highest BCUT2D eigenvalue weighted by Gasteiger charge is 2.32. The van der Waals surface area contributed by atoms with Crippen LogP contribution in [0.2, 0.25) is 0 Å². The molecule has 0 bridgehead atoms. The van der Waals surface area contributed by atoms with Crippen LogP contribution in [0.1, 0.15) is 25.3 Å². The Morgan fingerprint density at radius 1 is 0.443 bits per heavy atom. The second-order valence-electron chi connectivity index (χ2n) is 23.2. The van der Waals surface area contributed by atoms with E-state index in [1.807, 2.05) is 18.6 Å². The minimum Gasteiger partial charge on any atom is -0.455 e. The quantitative estimate of drug-likeness (QED) is 0.101. The molecule has 8 heteroatoms. The van der Waals surface area contributed by atoms with Gasteiger partial charge in [0.15, 0.2) is 5.58 Å². The van der Waals surface area contributed by atoms with Crippen molar-refractivity contribution in [1.82, 2.24) is 0 Å². The summed E-state index contributed by atoms with van der Waals surface area (Å²) in [6.07, 6.45) is 9.45. The molecule has 13 aromatic carbocycles. The molecule has 4 heterocycles. The summed E-state index contributed by atoms with van der Waals surface area (Å²) in [6, 6.07) is 88.1. The van der Waals surface area contributed by atoms with E-state index < -0.39 is 0 Å². The van der Waals surface area contributed by atoms with Gasteiger partial charge >= 0.3 is 0 Å². The van der Waals surface area contributed by atoms with E-state index in [9.17, 15) is 0 Å². The molecule has 15 aromatic rings. The van der Waals surface area contributed by atoms with Crippen LogP contribution >= 0.6 is 0 Å². The van der Waals surface area contributed by atoms with E-state index in [0.717, 1.165) is 160 Å². The van der Waals surface area contributed by atoms with E-state index in [1.165, 1.54) is 5.56 Å². The maximum atomic E-state index is 7.75. The average Bonchev–Trinajstić information content (AvgIpc) is 1.32. The summed E-state index contributed by atoms with van der Waals surface area (Å²) in [5, 5.41) is 12.8. The Kier molecular flexibility index (Phi) is 12.0. The van der Waals surface area contributed by atoms with Crippen molar-refractivity contribution in [1.29, 1.82) is 0 Å². The predicted molar refractivity (Wildman–Crippen MR) is 371 cm³/mol. The van der Waals surface area contributed by atoms with Gasteiger partial charge in [-0.2, -0.15) is 0 Å². The van der Waals surface area contributed by atoms with Crippen LogP contribution in [0.15, 0.2) is 279 Å². The summed E-state index contributed by atoms with van der Waals surface area (Å²) >= 11 is 0. The van der Waals surface area contributed by atoms with Crippen molar-refractivity contribution < 1.29 is 8.83 Å². The van der Waals surface area contributed by atoms with Gasteiger partial charge in [0.1, 0.15) is 36.4 Å².